The lowest BCUT2D eigenvalue weighted by atomic mass is 9.77. The maximum Gasteiger partial charge on any atom is 0.410 e. The summed E-state index contributed by atoms with van der Waals surface area (Å²) in [6, 6.07) is 41.9. The molecule has 0 bridgehead atoms. The molecule has 2 amide bonds. The Morgan fingerprint density at radius 3 is 1.85 bits per heavy atom. The third-order valence-electron chi connectivity index (χ3n) is 8.93. The number of carboxylic acids is 1. The van der Waals surface area contributed by atoms with E-state index in [1.54, 1.807) is 0 Å². The molecule has 0 aromatic heterocycles. The third kappa shape index (κ3) is 6.38. The molecule has 7 heteroatoms. The molecule has 6 rings (SSSR count). The second-order valence-electron chi connectivity index (χ2n) is 11.7. The third-order valence-corrected chi connectivity index (χ3v) is 8.93. The molecule has 0 aliphatic heterocycles. The summed E-state index contributed by atoms with van der Waals surface area (Å²) in [5, 5.41) is 13.4. The van der Waals surface area contributed by atoms with Crippen molar-refractivity contribution in [1.82, 2.24) is 10.2 Å². The molecule has 5 aromatic rings. The van der Waals surface area contributed by atoms with E-state index in [1.165, 1.54) is 18.2 Å². The highest BCUT2D eigenvalue weighted by Crippen LogP contribution is 2.39. The number of nitrogens with zero attached hydrogens (tertiary/aromatic N) is 1. The van der Waals surface area contributed by atoms with Crippen LogP contribution in [0.1, 0.15) is 46.2 Å². The van der Waals surface area contributed by atoms with Crippen LogP contribution in [-0.4, -0.2) is 41.1 Å². The summed E-state index contributed by atoms with van der Waals surface area (Å²) < 4.78 is 5.63. The molecule has 0 unspecified atom stereocenters. The van der Waals surface area contributed by atoms with Crippen LogP contribution >= 0.6 is 0 Å². The van der Waals surface area contributed by atoms with Crippen molar-refractivity contribution in [1.29, 1.82) is 0 Å². The largest absolute Gasteiger partial charge is 0.480 e. The van der Waals surface area contributed by atoms with Crippen LogP contribution in [0.5, 0.6) is 0 Å². The second-order valence-corrected chi connectivity index (χ2v) is 11.7. The molecule has 2 N–H and O–H groups in total. The number of likely N-dealkylation sites (N-methyl/N-ethyl adjacent to an activating group) is 1. The Balaban J connectivity index is 1.17. The Morgan fingerprint density at radius 2 is 1.28 bits per heavy atom. The quantitative estimate of drug-likeness (QED) is 0.149. The van der Waals surface area contributed by atoms with Crippen LogP contribution in [0.25, 0.3) is 11.1 Å². The summed E-state index contributed by atoms with van der Waals surface area (Å²) in [6.07, 6.45) is -0.249. The number of hydrogen-bond donors (Lipinski definition) is 2. The summed E-state index contributed by atoms with van der Waals surface area (Å²) in [4.78, 5) is 40.4. The van der Waals surface area contributed by atoms with Crippen LogP contribution in [0.15, 0.2) is 133 Å². The lowest BCUT2D eigenvalue weighted by Gasteiger charge is -2.37. The highest BCUT2D eigenvalue weighted by Gasteiger charge is 2.38. The highest BCUT2D eigenvalue weighted by atomic mass is 16.6. The van der Waals surface area contributed by atoms with E-state index in [4.69, 9.17) is 4.74 Å². The predicted octanol–water partition coefficient (Wildman–Crippen LogP) is 7.17. The Labute approximate surface area is 274 Å². The van der Waals surface area contributed by atoms with Gasteiger partial charge in [-0.1, -0.05) is 133 Å². The van der Waals surface area contributed by atoms with Gasteiger partial charge in [0.1, 0.15) is 18.2 Å². The number of carbonyl (C=O) groups excluding carboxylic acids is 2. The number of hydrogen-bond acceptors (Lipinski definition) is 4. The zero-order chi connectivity index (χ0) is 32.8. The molecule has 1 aliphatic rings. The fourth-order valence-corrected chi connectivity index (χ4v) is 6.53. The average Bonchev–Trinajstić information content (AvgIpc) is 3.50. The topological polar surface area (TPSA) is 95.9 Å². The van der Waals surface area contributed by atoms with E-state index in [9.17, 15) is 19.5 Å². The molecule has 0 spiro atoms. The number of nitrogens with one attached hydrogen (secondary N) is 1. The number of carbonyl (C=O) groups is 3. The van der Waals surface area contributed by atoms with Gasteiger partial charge in [0.2, 0.25) is 5.91 Å². The Hall–Kier alpha value is -5.69. The van der Waals surface area contributed by atoms with Gasteiger partial charge in [-0.25, -0.2) is 9.59 Å². The first kappa shape index (κ1) is 31.3. The van der Waals surface area contributed by atoms with E-state index in [-0.39, 0.29) is 25.4 Å². The molecule has 1 aliphatic carbocycles. The molecule has 0 radical (unpaired) electrons. The molecule has 47 heavy (non-hydrogen) atoms. The fourth-order valence-electron chi connectivity index (χ4n) is 6.53. The van der Waals surface area contributed by atoms with Crippen LogP contribution in [0.4, 0.5) is 4.79 Å². The maximum atomic E-state index is 13.8. The minimum Gasteiger partial charge on any atom is -0.480 e. The Bertz CT molecular complexity index is 1780. The predicted molar refractivity (Wildman–Crippen MR) is 181 cm³/mol. The van der Waals surface area contributed by atoms with Crippen molar-refractivity contribution >= 4 is 18.0 Å². The number of ether oxygens (including phenoxy) is 1. The van der Waals surface area contributed by atoms with Crippen molar-refractivity contribution in [2.24, 2.45) is 0 Å². The molecule has 0 heterocycles. The van der Waals surface area contributed by atoms with Crippen molar-refractivity contribution < 1.29 is 24.2 Å². The van der Waals surface area contributed by atoms with Crippen LogP contribution < -0.4 is 5.32 Å². The lowest BCUT2D eigenvalue weighted by Crippen LogP contribution is -2.48. The Morgan fingerprint density at radius 1 is 0.745 bits per heavy atom. The fraction of sp³-hybridized carbons (Fsp3) is 0.175. The molecule has 1 atom stereocenters. The molecular weight excluding hydrogens is 588 g/mol. The molecule has 236 valence electrons. The van der Waals surface area contributed by atoms with Crippen molar-refractivity contribution in [2.45, 2.75) is 37.5 Å². The van der Waals surface area contributed by atoms with Crippen molar-refractivity contribution in [3.63, 3.8) is 0 Å². The van der Waals surface area contributed by atoms with Gasteiger partial charge in [0.05, 0.1) is 0 Å². The first-order valence-electron chi connectivity index (χ1n) is 15.7. The van der Waals surface area contributed by atoms with E-state index < -0.39 is 23.6 Å². The van der Waals surface area contributed by atoms with Crippen molar-refractivity contribution in [3.8, 4) is 11.1 Å². The monoisotopic (exact) mass is 624 g/mol. The summed E-state index contributed by atoms with van der Waals surface area (Å²) in [5.41, 5.74) is 7.05. The first-order chi connectivity index (χ1) is 22.9. The van der Waals surface area contributed by atoms with Gasteiger partial charge in [0.15, 0.2) is 0 Å². The van der Waals surface area contributed by atoms with Crippen LogP contribution in [0.3, 0.4) is 0 Å². The smallest absolute Gasteiger partial charge is 0.410 e. The van der Waals surface area contributed by atoms with E-state index >= 15 is 0 Å². The summed E-state index contributed by atoms with van der Waals surface area (Å²) >= 11 is 0. The SMILES string of the molecule is CN(C(=O)OCc1cccc2c1Cc1ccccc1-2)[C@@H](CCC(=O)NC(c1ccccc1)(c1ccccc1)c1ccccc1)C(=O)O. The zero-order valence-electron chi connectivity index (χ0n) is 26.1. The van der Waals surface area contributed by atoms with Gasteiger partial charge in [-0.05, 0) is 57.3 Å². The minimum absolute atomic E-state index is 0.0148. The molecule has 0 saturated heterocycles. The van der Waals surface area contributed by atoms with Gasteiger partial charge in [0, 0.05) is 13.5 Å². The number of rotatable bonds is 11. The van der Waals surface area contributed by atoms with Gasteiger partial charge < -0.3 is 15.2 Å². The zero-order valence-corrected chi connectivity index (χ0v) is 26.1. The van der Waals surface area contributed by atoms with E-state index in [0.717, 1.165) is 44.7 Å². The van der Waals surface area contributed by atoms with Crippen molar-refractivity contribution in [3.05, 3.63) is 167 Å². The number of benzene rings is 5. The molecule has 5 aromatic carbocycles. The van der Waals surface area contributed by atoms with Gasteiger partial charge in [-0.15, -0.1) is 0 Å². The maximum absolute atomic E-state index is 13.8. The lowest BCUT2D eigenvalue weighted by molar-refractivity contribution is -0.142. The van der Waals surface area contributed by atoms with Crippen LogP contribution in [-0.2, 0) is 32.9 Å². The van der Waals surface area contributed by atoms with Gasteiger partial charge >= 0.3 is 12.1 Å². The number of fused-ring (bicyclic) bond motifs is 3. The molecule has 7 nitrogen and oxygen atoms in total. The number of carboxylic acid groups (broad SMARTS) is 1. The standard InChI is InChI=1S/C40H36N2O5/c1-42(39(46)47-27-29-15-13-23-34-33-22-12-11-14-28(33)26-35(29)34)36(38(44)45)24-25-37(43)41-40(30-16-5-2-6-17-30,31-18-7-3-8-19-31)32-20-9-4-10-21-32/h2-23,36H,24-27H2,1H3,(H,41,43)(H,44,45)/t36-/m0/s1. The average molecular weight is 625 g/mol. The molecular formula is C40H36N2O5. The Kier molecular flexibility index (Phi) is 9.16. The van der Waals surface area contributed by atoms with Crippen molar-refractivity contribution in [2.75, 3.05) is 7.05 Å². The minimum atomic E-state index is -1.27. The van der Waals surface area contributed by atoms with Gasteiger partial charge in [-0.3, -0.25) is 9.69 Å². The number of amides is 2. The molecule has 0 fully saturated rings. The molecule has 0 saturated carbocycles. The van der Waals surface area contributed by atoms with Crippen LogP contribution in [0.2, 0.25) is 0 Å². The highest BCUT2D eigenvalue weighted by molar-refractivity contribution is 5.83. The summed E-state index contributed by atoms with van der Waals surface area (Å²) in [5.74, 6) is -1.57. The second kappa shape index (κ2) is 13.7. The number of aliphatic carboxylic acids is 1. The normalized spacial score (nSPS) is 12.4. The van der Waals surface area contributed by atoms with E-state index in [1.807, 2.05) is 115 Å². The van der Waals surface area contributed by atoms with Gasteiger partial charge in [-0.2, -0.15) is 0 Å². The summed E-state index contributed by atoms with van der Waals surface area (Å²) in [6.45, 7) is 0.0148. The van der Waals surface area contributed by atoms with E-state index in [2.05, 4.69) is 23.5 Å². The van der Waals surface area contributed by atoms with Gasteiger partial charge in [0.25, 0.3) is 0 Å². The van der Waals surface area contributed by atoms with E-state index in [0.29, 0.717) is 0 Å². The first-order valence-corrected chi connectivity index (χ1v) is 15.7. The van der Waals surface area contributed by atoms with Crippen LogP contribution in [0, 0.1) is 0 Å². The summed E-state index contributed by atoms with van der Waals surface area (Å²) in [7, 11) is 1.40.